The molecule has 0 amide bonds. The van der Waals surface area contributed by atoms with Crippen LogP contribution in [0.15, 0.2) is 51.0 Å². The Kier molecular flexibility index (Phi) is 2.60. The Morgan fingerprint density at radius 2 is 1.79 bits per heavy atom. The quantitative estimate of drug-likeness (QED) is 0.777. The van der Waals surface area contributed by atoms with Crippen LogP contribution in [0.4, 0.5) is 0 Å². The third-order valence-corrected chi connectivity index (χ3v) is 2.10. The number of benzene rings is 1. The summed E-state index contributed by atoms with van der Waals surface area (Å²) in [6.07, 6.45) is 0.446. The molecule has 0 radical (unpaired) electrons. The van der Waals surface area contributed by atoms with Gasteiger partial charge in [0.05, 0.1) is 0 Å². The van der Waals surface area contributed by atoms with Crippen LogP contribution in [0.2, 0.25) is 0 Å². The van der Waals surface area contributed by atoms with Gasteiger partial charge in [-0.15, -0.1) is 10.2 Å². The highest BCUT2D eigenvalue weighted by Crippen LogP contribution is 2.19. The summed E-state index contributed by atoms with van der Waals surface area (Å²) in [5.74, 6) is 0. The van der Waals surface area contributed by atoms with Gasteiger partial charge in [0.25, 0.3) is 0 Å². The van der Waals surface area contributed by atoms with Crippen molar-refractivity contribution in [2.24, 2.45) is 26.4 Å². The Morgan fingerprint density at radius 3 is 2.43 bits per heavy atom. The number of rotatable bonds is 3. The van der Waals surface area contributed by atoms with E-state index in [9.17, 15) is 0 Å². The zero-order chi connectivity index (χ0) is 9.80. The molecule has 0 saturated heterocycles. The maximum absolute atomic E-state index is 5.97. The molecule has 0 fully saturated rings. The molecule has 1 heterocycles. The van der Waals surface area contributed by atoms with Gasteiger partial charge >= 0.3 is 0 Å². The summed E-state index contributed by atoms with van der Waals surface area (Å²) in [6, 6.07) is 9.82. The Morgan fingerprint density at radius 1 is 1.14 bits per heavy atom. The van der Waals surface area contributed by atoms with E-state index in [4.69, 9.17) is 5.73 Å². The molecule has 2 rings (SSSR count). The van der Waals surface area contributed by atoms with Crippen LogP contribution >= 0.6 is 0 Å². The van der Waals surface area contributed by atoms with E-state index in [0.29, 0.717) is 6.42 Å². The molecule has 0 aliphatic carbocycles. The second-order valence-corrected chi connectivity index (χ2v) is 3.14. The molecule has 1 aliphatic heterocycles. The Labute approximate surface area is 81.7 Å². The zero-order valence-electron chi connectivity index (χ0n) is 7.61. The second-order valence-electron chi connectivity index (χ2n) is 3.14. The molecule has 0 bridgehead atoms. The van der Waals surface area contributed by atoms with Gasteiger partial charge in [-0.3, -0.25) is 0 Å². The predicted octanol–water partition coefficient (Wildman–Crippen LogP) is 2.24. The van der Waals surface area contributed by atoms with E-state index < -0.39 is 0 Å². The van der Waals surface area contributed by atoms with Crippen molar-refractivity contribution in [3.8, 4) is 0 Å². The van der Waals surface area contributed by atoms with Crippen LogP contribution in [0.1, 0.15) is 18.0 Å². The SMILES string of the molecule is NC(CC1N=NN=N1)c1ccccc1. The molecule has 1 aliphatic rings. The fourth-order valence-electron chi connectivity index (χ4n) is 1.35. The summed E-state index contributed by atoms with van der Waals surface area (Å²) >= 11 is 0. The first-order chi connectivity index (χ1) is 6.86. The molecule has 14 heavy (non-hydrogen) atoms. The van der Waals surface area contributed by atoms with Gasteiger partial charge in [-0.05, 0) is 16.0 Å². The summed E-state index contributed by atoms with van der Waals surface area (Å²) < 4.78 is 0. The lowest BCUT2D eigenvalue weighted by Gasteiger charge is -2.11. The molecule has 1 atom stereocenters. The van der Waals surface area contributed by atoms with E-state index in [0.717, 1.165) is 5.56 Å². The predicted molar refractivity (Wildman–Crippen MR) is 51.5 cm³/mol. The second kappa shape index (κ2) is 4.06. The summed E-state index contributed by atoms with van der Waals surface area (Å²) in [5.41, 5.74) is 7.06. The van der Waals surface area contributed by atoms with Gasteiger partial charge < -0.3 is 5.73 Å². The van der Waals surface area contributed by atoms with Crippen LogP contribution in [-0.4, -0.2) is 6.17 Å². The lowest BCUT2D eigenvalue weighted by Crippen LogP contribution is -2.15. The molecule has 5 heteroatoms. The average Bonchev–Trinajstić information content (AvgIpc) is 2.72. The third-order valence-electron chi connectivity index (χ3n) is 2.10. The molecular weight excluding hydrogens is 178 g/mol. The number of hydrogen-bond donors (Lipinski definition) is 1. The summed E-state index contributed by atoms with van der Waals surface area (Å²) in [4.78, 5) is 0. The number of hydrogen-bond acceptors (Lipinski definition) is 5. The van der Waals surface area contributed by atoms with Crippen LogP contribution in [-0.2, 0) is 0 Å². The van der Waals surface area contributed by atoms with Gasteiger partial charge in [0.2, 0.25) is 0 Å². The first-order valence-electron chi connectivity index (χ1n) is 4.47. The van der Waals surface area contributed by atoms with Gasteiger partial charge in [0, 0.05) is 12.5 Å². The average molecular weight is 189 g/mol. The zero-order valence-corrected chi connectivity index (χ0v) is 7.61. The lowest BCUT2D eigenvalue weighted by atomic mass is 10.0. The molecule has 1 unspecified atom stereocenters. The maximum Gasteiger partial charge on any atom is 0.187 e. The summed E-state index contributed by atoms with van der Waals surface area (Å²) in [5, 5.41) is 14.5. The minimum Gasteiger partial charge on any atom is -0.324 e. The minimum atomic E-state index is -0.204. The topological polar surface area (TPSA) is 75.5 Å². The first-order valence-corrected chi connectivity index (χ1v) is 4.47. The third kappa shape index (κ3) is 2.00. The molecule has 0 aromatic heterocycles. The Bertz CT molecular complexity index is 333. The largest absolute Gasteiger partial charge is 0.324 e. The molecule has 0 saturated carbocycles. The van der Waals surface area contributed by atoms with Crippen molar-refractivity contribution in [2.75, 3.05) is 0 Å². The van der Waals surface area contributed by atoms with Gasteiger partial charge in [-0.25, -0.2) is 0 Å². The molecule has 0 spiro atoms. The van der Waals surface area contributed by atoms with E-state index in [1.807, 2.05) is 30.3 Å². The fourth-order valence-corrected chi connectivity index (χ4v) is 1.35. The van der Waals surface area contributed by atoms with Crippen molar-refractivity contribution in [3.05, 3.63) is 35.9 Å². The van der Waals surface area contributed by atoms with Gasteiger partial charge in [0.1, 0.15) is 0 Å². The fraction of sp³-hybridized carbons (Fsp3) is 0.333. The van der Waals surface area contributed by atoms with Crippen LogP contribution in [0.5, 0.6) is 0 Å². The van der Waals surface area contributed by atoms with Crippen LogP contribution < -0.4 is 5.73 Å². The lowest BCUT2D eigenvalue weighted by molar-refractivity contribution is 0.550. The van der Waals surface area contributed by atoms with Crippen molar-refractivity contribution in [1.29, 1.82) is 0 Å². The highest BCUT2D eigenvalue weighted by atomic mass is 15.6. The first kappa shape index (κ1) is 8.96. The normalized spacial score (nSPS) is 17.5. The van der Waals surface area contributed by atoms with Crippen molar-refractivity contribution >= 4 is 0 Å². The smallest absolute Gasteiger partial charge is 0.187 e. The van der Waals surface area contributed by atoms with Gasteiger partial charge in [-0.1, -0.05) is 30.3 Å². The van der Waals surface area contributed by atoms with E-state index in [-0.39, 0.29) is 12.2 Å². The number of nitrogens with zero attached hydrogens (tertiary/aromatic N) is 4. The van der Waals surface area contributed by atoms with Crippen molar-refractivity contribution in [1.82, 2.24) is 0 Å². The monoisotopic (exact) mass is 189 g/mol. The molecule has 5 nitrogen and oxygen atoms in total. The van der Waals surface area contributed by atoms with Crippen molar-refractivity contribution in [2.45, 2.75) is 18.6 Å². The Balaban J connectivity index is 1.99. The highest BCUT2D eigenvalue weighted by molar-refractivity contribution is 5.18. The molecular formula is C9H11N5. The van der Waals surface area contributed by atoms with Crippen LogP contribution in [0.25, 0.3) is 0 Å². The molecule has 1 aromatic rings. The van der Waals surface area contributed by atoms with Crippen molar-refractivity contribution in [3.63, 3.8) is 0 Å². The van der Waals surface area contributed by atoms with Gasteiger partial charge in [0.15, 0.2) is 6.17 Å². The Hall–Kier alpha value is -1.62. The summed E-state index contributed by atoms with van der Waals surface area (Å²) in [7, 11) is 0. The summed E-state index contributed by atoms with van der Waals surface area (Å²) in [6.45, 7) is 0. The van der Waals surface area contributed by atoms with E-state index in [1.165, 1.54) is 0 Å². The minimum absolute atomic E-state index is 0.0581. The molecule has 2 N–H and O–H groups in total. The highest BCUT2D eigenvalue weighted by Gasteiger charge is 2.15. The van der Waals surface area contributed by atoms with E-state index >= 15 is 0 Å². The number of nitrogens with two attached hydrogens (primary N) is 1. The van der Waals surface area contributed by atoms with Crippen LogP contribution in [0.3, 0.4) is 0 Å². The maximum atomic E-state index is 5.97. The van der Waals surface area contributed by atoms with Crippen LogP contribution in [0, 0.1) is 0 Å². The standard InChI is InChI=1S/C9H11N5/c10-8(6-9-11-13-14-12-9)7-4-2-1-3-5-7/h1-5,8-9H,6,10H2. The molecule has 1 aromatic carbocycles. The van der Waals surface area contributed by atoms with E-state index in [2.05, 4.69) is 20.7 Å². The molecule has 72 valence electrons. The van der Waals surface area contributed by atoms with Gasteiger partial charge in [-0.2, -0.15) is 0 Å². The van der Waals surface area contributed by atoms with E-state index in [1.54, 1.807) is 0 Å². The van der Waals surface area contributed by atoms with Crippen molar-refractivity contribution < 1.29 is 0 Å².